The second-order valence-corrected chi connectivity index (χ2v) is 4.68. The molecule has 0 aliphatic heterocycles. The smallest absolute Gasteiger partial charge is 0.273 e. The number of hydrogen-bond acceptors (Lipinski definition) is 4. The Morgan fingerprint density at radius 3 is 3.00 bits per heavy atom. The Balaban J connectivity index is 1.90. The number of benzene rings is 1. The van der Waals surface area contributed by atoms with Gasteiger partial charge >= 0.3 is 0 Å². The first-order valence-corrected chi connectivity index (χ1v) is 6.82. The quantitative estimate of drug-likeness (QED) is 0.743. The minimum atomic E-state index is -0.300. The van der Waals surface area contributed by atoms with Crippen molar-refractivity contribution in [1.29, 1.82) is 0 Å². The van der Waals surface area contributed by atoms with Gasteiger partial charge in [0, 0.05) is 6.54 Å². The van der Waals surface area contributed by atoms with Crippen LogP contribution in [0.15, 0.2) is 30.5 Å². The van der Waals surface area contributed by atoms with Gasteiger partial charge < -0.3 is 11.1 Å². The number of carbonyl (C=O) groups excluding carboxylic acids is 1. The average molecular weight is 291 g/mol. The molecule has 1 aromatic carbocycles. The molecule has 0 aliphatic rings. The molecule has 21 heavy (non-hydrogen) atoms. The van der Waals surface area contributed by atoms with Gasteiger partial charge in [0.1, 0.15) is 5.82 Å². The Labute approximate surface area is 122 Å². The van der Waals surface area contributed by atoms with Crippen LogP contribution in [0.5, 0.6) is 0 Å². The molecule has 7 heteroatoms. The number of rotatable bonds is 7. The van der Waals surface area contributed by atoms with E-state index < -0.39 is 0 Å². The minimum Gasteiger partial charge on any atom is -0.351 e. The van der Waals surface area contributed by atoms with Gasteiger partial charge in [-0.05, 0) is 37.1 Å². The standard InChI is InChI=1S/C14H18FN5O/c15-12-5-3-4-11(8-12)9-20-10-13(18-19-20)14(21)17-7-2-1-6-16/h3-5,8,10H,1-2,6-7,9,16H2,(H,17,21). The van der Waals surface area contributed by atoms with Crippen molar-refractivity contribution in [3.05, 3.63) is 47.5 Å². The summed E-state index contributed by atoms with van der Waals surface area (Å²) < 4.78 is 14.6. The topological polar surface area (TPSA) is 85.8 Å². The van der Waals surface area contributed by atoms with Gasteiger partial charge in [0.2, 0.25) is 0 Å². The molecule has 6 nitrogen and oxygen atoms in total. The lowest BCUT2D eigenvalue weighted by atomic mass is 10.2. The SMILES string of the molecule is NCCCCNC(=O)c1cn(Cc2cccc(F)c2)nn1. The van der Waals surface area contributed by atoms with Crippen molar-refractivity contribution in [1.82, 2.24) is 20.3 Å². The number of nitrogens with one attached hydrogen (secondary N) is 1. The summed E-state index contributed by atoms with van der Waals surface area (Å²) in [6, 6.07) is 6.23. The third-order valence-electron chi connectivity index (χ3n) is 2.92. The molecule has 2 rings (SSSR count). The lowest BCUT2D eigenvalue weighted by Gasteiger charge is -2.01. The van der Waals surface area contributed by atoms with Gasteiger partial charge in [0.25, 0.3) is 5.91 Å². The second-order valence-electron chi connectivity index (χ2n) is 4.68. The van der Waals surface area contributed by atoms with Crippen LogP contribution in [0.3, 0.4) is 0 Å². The van der Waals surface area contributed by atoms with Crippen LogP contribution in [0, 0.1) is 5.82 Å². The Bertz CT molecular complexity index is 599. The molecule has 0 saturated carbocycles. The molecule has 0 fully saturated rings. The van der Waals surface area contributed by atoms with Gasteiger partial charge in [-0.15, -0.1) is 5.10 Å². The predicted octanol–water partition coefficient (Wildman–Crippen LogP) is 0.934. The maximum Gasteiger partial charge on any atom is 0.273 e. The van der Waals surface area contributed by atoms with E-state index in [0.717, 1.165) is 18.4 Å². The number of carbonyl (C=O) groups is 1. The summed E-state index contributed by atoms with van der Waals surface area (Å²) in [5, 5.41) is 10.4. The summed E-state index contributed by atoms with van der Waals surface area (Å²) >= 11 is 0. The zero-order valence-corrected chi connectivity index (χ0v) is 11.6. The Morgan fingerprint density at radius 2 is 2.24 bits per heavy atom. The third kappa shape index (κ3) is 4.64. The molecular formula is C14H18FN5O. The fourth-order valence-corrected chi connectivity index (χ4v) is 1.86. The number of nitrogens with zero attached hydrogens (tertiary/aromatic N) is 3. The largest absolute Gasteiger partial charge is 0.351 e. The Morgan fingerprint density at radius 1 is 1.38 bits per heavy atom. The van der Waals surface area contributed by atoms with Crippen molar-refractivity contribution in [2.24, 2.45) is 5.73 Å². The summed E-state index contributed by atoms with van der Waals surface area (Å²) in [5.74, 6) is -0.567. The highest BCUT2D eigenvalue weighted by Gasteiger charge is 2.10. The Hall–Kier alpha value is -2.28. The molecule has 2 aromatic rings. The number of unbranched alkanes of at least 4 members (excludes halogenated alkanes) is 1. The molecule has 1 heterocycles. The first-order chi connectivity index (χ1) is 10.2. The van der Waals surface area contributed by atoms with Crippen LogP contribution >= 0.6 is 0 Å². The summed E-state index contributed by atoms with van der Waals surface area (Å²) in [6.07, 6.45) is 3.25. The van der Waals surface area contributed by atoms with E-state index in [1.165, 1.54) is 16.8 Å². The van der Waals surface area contributed by atoms with Crippen molar-refractivity contribution in [2.45, 2.75) is 19.4 Å². The number of amides is 1. The average Bonchev–Trinajstić information content (AvgIpc) is 2.92. The highest BCUT2D eigenvalue weighted by Crippen LogP contribution is 2.05. The molecule has 1 amide bonds. The summed E-state index contributed by atoms with van der Waals surface area (Å²) in [6.45, 7) is 1.54. The second kappa shape index (κ2) is 7.49. The van der Waals surface area contributed by atoms with E-state index >= 15 is 0 Å². The molecule has 1 aromatic heterocycles. The van der Waals surface area contributed by atoms with E-state index in [4.69, 9.17) is 5.73 Å². The van der Waals surface area contributed by atoms with Crippen LogP contribution < -0.4 is 11.1 Å². The number of nitrogens with two attached hydrogens (primary N) is 1. The van der Waals surface area contributed by atoms with Gasteiger partial charge in [-0.25, -0.2) is 9.07 Å². The first-order valence-electron chi connectivity index (χ1n) is 6.82. The van der Waals surface area contributed by atoms with E-state index in [2.05, 4.69) is 15.6 Å². The highest BCUT2D eigenvalue weighted by molar-refractivity contribution is 5.91. The van der Waals surface area contributed by atoms with Crippen LogP contribution in [0.4, 0.5) is 4.39 Å². The molecule has 0 unspecified atom stereocenters. The lowest BCUT2D eigenvalue weighted by Crippen LogP contribution is -2.25. The van der Waals surface area contributed by atoms with Crippen LogP contribution in [0.1, 0.15) is 28.9 Å². The zero-order chi connectivity index (χ0) is 15.1. The molecule has 0 spiro atoms. The van der Waals surface area contributed by atoms with E-state index in [1.54, 1.807) is 18.3 Å². The maximum absolute atomic E-state index is 13.1. The zero-order valence-electron chi connectivity index (χ0n) is 11.6. The van der Waals surface area contributed by atoms with Crippen LogP contribution in [0.2, 0.25) is 0 Å². The monoisotopic (exact) mass is 291 g/mol. The van der Waals surface area contributed by atoms with Crippen LogP contribution in [0.25, 0.3) is 0 Å². The molecule has 0 atom stereocenters. The van der Waals surface area contributed by atoms with Crippen molar-refractivity contribution in [3.63, 3.8) is 0 Å². The summed E-state index contributed by atoms with van der Waals surface area (Å²) in [4.78, 5) is 11.8. The fraction of sp³-hybridized carbons (Fsp3) is 0.357. The van der Waals surface area contributed by atoms with E-state index in [0.29, 0.717) is 19.6 Å². The number of halogens is 1. The van der Waals surface area contributed by atoms with Gasteiger partial charge in [0.05, 0.1) is 12.7 Å². The van der Waals surface area contributed by atoms with Crippen LogP contribution in [-0.4, -0.2) is 34.0 Å². The molecule has 0 radical (unpaired) electrons. The summed E-state index contributed by atoms with van der Waals surface area (Å²) in [5.41, 5.74) is 6.39. The molecule has 0 aliphatic carbocycles. The minimum absolute atomic E-state index is 0.249. The van der Waals surface area contributed by atoms with E-state index in [9.17, 15) is 9.18 Å². The molecule has 112 valence electrons. The van der Waals surface area contributed by atoms with Gasteiger partial charge in [-0.1, -0.05) is 17.3 Å². The molecule has 0 bridgehead atoms. The Kier molecular flexibility index (Phi) is 5.39. The van der Waals surface area contributed by atoms with Crippen molar-refractivity contribution in [3.8, 4) is 0 Å². The lowest BCUT2D eigenvalue weighted by molar-refractivity contribution is 0.0948. The van der Waals surface area contributed by atoms with Gasteiger partial charge in [-0.3, -0.25) is 4.79 Å². The third-order valence-corrected chi connectivity index (χ3v) is 2.92. The highest BCUT2D eigenvalue weighted by atomic mass is 19.1. The van der Waals surface area contributed by atoms with Crippen molar-refractivity contribution < 1.29 is 9.18 Å². The molecular weight excluding hydrogens is 273 g/mol. The molecule has 0 saturated heterocycles. The van der Waals surface area contributed by atoms with Gasteiger partial charge in [0.15, 0.2) is 5.69 Å². The van der Waals surface area contributed by atoms with Crippen molar-refractivity contribution >= 4 is 5.91 Å². The maximum atomic E-state index is 13.1. The number of hydrogen-bond donors (Lipinski definition) is 2. The van der Waals surface area contributed by atoms with Gasteiger partial charge in [-0.2, -0.15) is 0 Å². The fourth-order valence-electron chi connectivity index (χ4n) is 1.86. The summed E-state index contributed by atoms with van der Waals surface area (Å²) in [7, 11) is 0. The van der Waals surface area contributed by atoms with Crippen LogP contribution in [-0.2, 0) is 6.54 Å². The normalized spacial score (nSPS) is 10.6. The van der Waals surface area contributed by atoms with E-state index in [-0.39, 0.29) is 17.4 Å². The molecule has 3 N–H and O–H groups in total. The first kappa shape index (κ1) is 15.1. The number of aromatic nitrogens is 3. The van der Waals surface area contributed by atoms with E-state index in [1.807, 2.05) is 0 Å². The predicted molar refractivity (Wildman–Crippen MR) is 76.1 cm³/mol. The van der Waals surface area contributed by atoms with Crippen molar-refractivity contribution in [2.75, 3.05) is 13.1 Å².